The van der Waals surface area contributed by atoms with Gasteiger partial charge in [-0.15, -0.1) is 0 Å². The average molecular weight is 437 g/mol. The molecule has 0 atom stereocenters. The normalized spacial score (nSPS) is 15.3. The molecule has 1 fully saturated rings. The number of piperazine rings is 1. The molecule has 1 aromatic rings. The van der Waals surface area contributed by atoms with Gasteiger partial charge in [-0.3, -0.25) is 10.2 Å². The molecule has 0 spiro atoms. The molecule has 1 amide bonds. The number of nitrogens with one attached hydrogen (secondary N) is 1. The highest BCUT2D eigenvalue weighted by Crippen LogP contribution is 2.15. The fourth-order valence-corrected chi connectivity index (χ4v) is 5.24. The summed E-state index contributed by atoms with van der Waals surface area (Å²) < 4.78 is 26.7. The lowest BCUT2D eigenvalue weighted by Gasteiger charge is -2.34. The largest absolute Gasteiger partial charge is 0.384 e. The smallest absolute Gasteiger partial charge is 0.253 e. The van der Waals surface area contributed by atoms with Gasteiger partial charge in [0.05, 0.1) is 5.75 Å². The van der Waals surface area contributed by atoms with E-state index in [0.717, 1.165) is 12.8 Å². The molecule has 7 nitrogen and oxygen atoms in total. The number of carbonyl (C=O) groups excluding carboxylic acids is 1. The fraction of sp³-hybridized carbons (Fsp3) is 0.636. The highest BCUT2D eigenvalue weighted by atomic mass is 32.2. The summed E-state index contributed by atoms with van der Waals surface area (Å²) in [7, 11) is -3.26. The average Bonchev–Trinajstić information content (AvgIpc) is 2.75. The number of sulfonamides is 1. The van der Waals surface area contributed by atoms with E-state index >= 15 is 0 Å². The zero-order chi connectivity index (χ0) is 22.0. The second-order valence-electron chi connectivity index (χ2n) is 7.97. The van der Waals surface area contributed by atoms with Crippen molar-refractivity contribution < 1.29 is 13.2 Å². The van der Waals surface area contributed by atoms with E-state index in [4.69, 9.17) is 11.1 Å². The van der Waals surface area contributed by atoms with Crippen LogP contribution in [0.1, 0.15) is 74.2 Å². The van der Waals surface area contributed by atoms with Crippen LogP contribution in [0.3, 0.4) is 0 Å². The number of hydrogen-bond acceptors (Lipinski definition) is 4. The predicted octanol–water partition coefficient (Wildman–Crippen LogP) is 3.20. The zero-order valence-electron chi connectivity index (χ0n) is 18.1. The van der Waals surface area contributed by atoms with Gasteiger partial charge >= 0.3 is 0 Å². The van der Waals surface area contributed by atoms with Gasteiger partial charge in [0.25, 0.3) is 5.91 Å². The number of amidine groups is 1. The lowest BCUT2D eigenvalue weighted by Crippen LogP contribution is -2.51. The molecule has 30 heavy (non-hydrogen) atoms. The molecule has 0 aromatic heterocycles. The topological polar surface area (TPSA) is 108 Å². The van der Waals surface area contributed by atoms with Crippen molar-refractivity contribution >= 4 is 21.8 Å². The fourth-order valence-electron chi connectivity index (χ4n) is 3.69. The predicted molar refractivity (Wildman–Crippen MR) is 121 cm³/mol. The zero-order valence-corrected chi connectivity index (χ0v) is 18.9. The van der Waals surface area contributed by atoms with E-state index in [1.165, 1.54) is 36.4 Å². The number of nitrogens with two attached hydrogens (primary N) is 1. The molecule has 0 radical (unpaired) electrons. The van der Waals surface area contributed by atoms with Gasteiger partial charge in [0.2, 0.25) is 10.0 Å². The molecule has 8 heteroatoms. The van der Waals surface area contributed by atoms with Gasteiger partial charge in [-0.2, -0.15) is 4.31 Å². The molecule has 0 unspecified atom stereocenters. The van der Waals surface area contributed by atoms with Crippen LogP contribution in [0.15, 0.2) is 24.3 Å². The third-order valence-electron chi connectivity index (χ3n) is 5.62. The molecule has 1 saturated heterocycles. The Morgan fingerprint density at radius 2 is 1.40 bits per heavy atom. The summed E-state index contributed by atoms with van der Waals surface area (Å²) in [5, 5.41) is 7.42. The van der Waals surface area contributed by atoms with Crippen molar-refractivity contribution in [2.24, 2.45) is 5.73 Å². The second kappa shape index (κ2) is 12.1. The van der Waals surface area contributed by atoms with E-state index in [9.17, 15) is 13.2 Å². The highest BCUT2D eigenvalue weighted by molar-refractivity contribution is 7.89. The standard InChI is InChI=1S/C22H36N4O3S/c1-2-3-4-5-6-7-8-9-18-30(28,29)26-16-14-25(15-17-26)22(27)20-12-10-19(11-13-20)21(23)24/h10-13H,2-9,14-18H2,1H3,(H3,23,24). The number of rotatable bonds is 12. The lowest BCUT2D eigenvalue weighted by atomic mass is 10.1. The van der Waals surface area contributed by atoms with Crippen molar-refractivity contribution in [1.82, 2.24) is 9.21 Å². The van der Waals surface area contributed by atoms with Crippen LogP contribution in [0.5, 0.6) is 0 Å². The molecule has 1 aliphatic rings. The first-order valence-corrected chi connectivity index (χ1v) is 12.7. The Labute approximate surface area is 181 Å². The second-order valence-corrected chi connectivity index (χ2v) is 10.1. The van der Waals surface area contributed by atoms with Crippen LogP contribution in [-0.2, 0) is 10.0 Å². The van der Waals surface area contributed by atoms with Crippen molar-refractivity contribution in [3.8, 4) is 0 Å². The van der Waals surface area contributed by atoms with Gasteiger partial charge < -0.3 is 10.6 Å². The first kappa shape index (κ1) is 24.3. The molecule has 3 N–H and O–H groups in total. The van der Waals surface area contributed by atoms with Crippen LogP contribution in [0.25, 0.3) is 0 Å². The van der Waals surface area contributed by atoms with Gasteiger partial charge in [-0.05, 0) is 18.6 Å². The van der Waals surface area contributed by atoms with Crippen LogP contribution in [0, 0.1) is 5.41 Å². The van der Waals surface area contributed by atoms with E-state index in [0.29, 0.717) is 43.7 Å². The Bertz CT molecular complexity index is 785. The highest BCUT2D eigenvalue weighted by Gasteiger charge is 2.28. The van der Waals surface area contributed by atoms with Crippen LogP contribution >= 0.6 is 0 Å². The summed E-state index contributed by atoms with van der Waals surface area (Å²) in [6, 6.07) is 6.62. The molecule has 0 aliphatic carbocycles. The van der Waals surface area contributed by atoms with Crippen molar-refractivity contribution in [2.45, 2.75) is 58.3 Å². The van der Waals surface area contributed by atoms with E-state index < -0.39 is 10.0 Å². The summed E-state index contributed by atoms with van der Waals surface area (Å²) in [6.07, 6.45) is 9.00. The van der Waals surface area contributed by atoms with E-state index in [1.807, 2.05) is 0 Å². The number of nitrogens with zero attached hydrogens (tertiary/aromatic N) is 2. The van der Waals surface area contributed by atoms with Crippen LogP contribution in [-0.4, -0.2) is 61.3 Å². The molecular formula is C22H36N4O3S. The van der Waals surface area contributed by atoms with Gasteiger partial charge in [0.1, 0.15) is 5.84 Å². The Kier molecular flexibility index (Phi) is 9.78. The van der Waals surface area contributed by atoms with Gasteiger partial charge in [-0.25, -0.2) is 8.42 Å². The van der Waals surface area contributed by atoms with Crippen molar-refractivity contribution in [2.75, 3.05) is 31.9 Å². The van der Waals surface area contributed by atoms with E-state index in [-0.39, 0.29) is 17.5 Å². The quantitative estimate of drug-likeness (QED) is 0.298. The number of nitrogen functional groups attached to an aromatic ring is 1. The van der Waals surface area contributed by atoms with E-state index in [2.05, 4.69) is 6.92 Å². The lowest BCUT2D eigenvalue weighted by molar-refractivity contribution is 0.0698. The van der Waals surface area contributed by atoms with Gasteiger partial charge in [0, 0.05) is 37.3 Å². The molecule has 0 bridgehead atoms. The summed E-state index contributed by atoms with van der Waals surface area (Å²) >= 11 is 0. The molecule has 1 aliphatic heterocycles. The maximum absolute atomic E-state index is 12.6. The Balaban J connectivity index is 1.73. The number of unbranched alkanes of at least 4 members (excludes halogenated alkanes) is 7. The van der Waals surface area contributed by atoms with Crippen molar-refractivity contribution in [1.29, 1.82) is 5.41 Å². The Morgan fingerprint density at radius 1 is 0.900 bits per heavy atom. The maximum Gasteiger partial charge on any atom is 0.253 e. The summed E-state index contributed by atoms with van der Waals surface area (Å²) in [4.78, 5) is 14.3. The van der Waals surface area contributed by atoms with Gasteiger partial charge in [0.15, 0.2) is 0 Å². The maximum atomic E-state index is 12.6. The minimum Gasteiger partial charge on any atom is -0.384 e. The Morgan fingerprint density at radius 3 is 1.93 bits per heavy atom. The van der Waals surface area contributed by atoms with Crippen LogP contribution in [0.2, 0.25) is 0 Å². The monoisotopic (exact) mass is 436 g/mol. The van der Waals surface area contributed by atoms with Crippen LogP contribution < -0.4 is 5.73 Å². The minimum absolute atomic E-state index is 0.0377. The summed E-state index contributed by atoms with van der Waals surface area (Å²) in [5.41, 5.74) is 6.54. The van der Waals surface area contributed by atoms with Crippen molar-refractivity contribution in [3.63, 3.8) is 0 Å². The molecule has 2 rings (SSSR count). The van der Waals surface area contributed by atoms with E-state index in [1.54, 1.807) is 29.2 Å². The van der Waals surface area contributed by atoms with Crippen LogP contribution in [0.4, 0.5) is 0 Å². The number of benzene rings is 1. The molecular weight excluding hydrogens is 400 g/mol. The van der Waals surface area contributed by atoms with Crippen molar-refractivity contribution in [3.05, 3.63) is 35.4 Å². The third kappa shape index (κ3) is 7.40. The summed E-state index contributed by atoms with van der Waals surface area (Å²) in [5.74, 6) is 0.0390. The first-order valence-electron chi connectivity index (χ1n) is 11.1. The van der Waals surface area contributed by atoms with Gasteiger partial charge in [-0.1, -0.05) is 64.0 Å². The summed E-state index contributed by atoms with van der Waals surface area (Å²) in [6.45, 7) is 3.68. The molecule has 1 heterocycles. The number of hydrogen-bond donors (Lipinski definition) is 2. The third-order valence-corrected chi connectivity index (χ3v) is 7.57. The molecule has 168 valence electrons. The minimum atomic E-state index is -3.26. The molecule has 0 saturated carbocycles. The Hall–Kier alpha value is -1.93. The first-order chi connectivity index (χ1) is 14.3. The SMILES string of the molecule is CCCCCCCCCCS(=O)(=O)N1CCN(C(=O)c2ccc(C(=N)N)cc2)CC1. The number of amides is 1. The molecule has 1 aromatic carbocycles. The number of carbonyl (C=O) groups is 1.